The molecule has 0 radical (unpaired) electrons. The summed E-state index contributed by atoms with van der Waals surface area (Å²) in [6.45, 7) is 0.603. The molecule has 6 rings (SSSR count). The van der Waals surface area contributed by atoms with Gasteiger partial charge < -0.3 is 14.0 Å². The number of aromatic nitrogens is 3. The number of rotatable bonds is 3. The maximum Gasteiger partial charge on any atom is 0.231 e. The number of fused-ring (bicyclic) bond motifs is 4. The lowest BCUT2D eigenvalue weighted by molar-refractivity contribution is 0.174. The van der Waals surface area contributed by atoms with Crippen molar-refractivity contribution < 1.29 is 18.3 Å². The maximum atomic E-state index is 14.1. The maximum absolute atomic E-state index is 14.1. The van der Waals surface area contributed by atoms with Gasteiger partial charge in [0.05, 0.1) is 5.52 Å². The quantitative estimate of drug-likeness (QED) is 0.403. The number of nitrogens with zero attached hydrogens (tertiary/aromatic N) is 3. The molecule has 0 fully saturated rings. The van der Waals surface area contributed by atoms with Crippen molar-refractivity contribution in [3.8, 4) is 34.0 Å². The Morgan fingerprint density at radius 3 is 2.58 bits per heavy atom. The lowest BCUT2D eigenvalue weighted by atomic mass is 10.0. The molecule has 0 saturated heterocycles. The summed E-state index contributed by atoms with van der Waals surface area (Å²) >= 11 is 0. The van der Waals surface area contributed by atoms with Gasteiger partial charge in [0.2, 0.25) is 6.79 Å². The van der Waals surface area contributed by atoms with Crippen LogP contribution < -0.4 is 9.47 Å². The number of hydrogen-bond acceptors (Lipinski definition) is 4. The molecule has 0 atom stereocenters. The standard InChI is InChI=1S/C24H15F2N3O2/c25-16-3-1-2-14(8-16)11-29-12-19-23(15-4-7-21-22(9-15)31-13-30-21)27-28-24(19)18-10-17(26)5-6-20(18)29/h1-10,12H,11,13H2. The van der Waals surface area contributed by atoms with Gasteiger partial charge in [-0.2, -0.15) is 0 Å². The van der Waals surface area contributed by atoms with Crippen molar-refractivity contribution in [2.24, 2.45) is 0 Å². The van der Waals surface area contributed by atoms with Gasteiger partial charge in [0, 0.05) is 29.3 Å². The highest BCUT2D eigenvalue weighted by atomic mass is 19.1. The topological polar surface area (TPSA) is 49.2 Å². The van der Waals surface area contributed by atoms with Crippen molar-refractivity contribution >= 4 is 10.9 Å². The first kappa shape index (κ1) is 17.8. The van der Waals surface area contributed by atoms with Crippen LogP contribution in [0.4, 0.5) is 8.78 Å². The number of ether oxygens (including phenoxy) is 2. The SMILES string of the molecule is Fc1cccc(Cn2cc3c(-c4ccc5c(c4)OCO5)nnc-3c3cc(F)ccc32)c1. The lowest BCUT2D eigenvalue weighted by Crippen LogP contribution is -2.04. The van der Waals surface area contributed by atoms with Crippen molar-refractivity contribution in [2.75, 3.05) is 6.79 Å². The minimum Gasteiger partial charge on any atom is -0.454 e. The van der Waals surface area contributed by atoms with Crippen molar-refractivity contribution in [3.05, 3.63) is 84.1 Å². The van der Waals surface area contributed by atoms with E-state index in [1.807, 2.05) is 35.0 Å². The zero-order valence-corrected chi connectivity index (χ0v) is 16.2. The summed E-state index contributed by atoms with van der Waals surface area (Å²) in [5.74, 6) is 0.673. The van der Waals surface area contributed by atoms with Crippen LogP contribution in [0.15, 0.2) is 66.9 Å². The fourth-order valence-electron chi connectivity index (χ4n) is 4.03. The van der Waals surface area contributed by atoms with E-state index in [-0.39, 0.29) is 18.4 Å². The third-order valence-corrected chi connectivity index (χ3v) is 5.46. The van der Waals surface area contributed by atoms with Crippen molar-refractivity contribution in [1.82, 2.24) is 14.8 Å². The van der Waals surface area contributed by atoms with E-state index in [4.69, 9.17) is 9.47 Å². The summed E-state index contributed by atoms with van der Waals surface area (Å²) in [5.41, 5.74) is 4.45. The second-order valence-electron chi connectivity index (χ2n) is 7.43. The fourth-order valence-corrected chi connectivity index (χ4v) is 4.03. The van der Waals surface area contributed by atoms with E-state index in [2.05, 4.69) is 10.2 Å². The summed E-state index contributed by atoms with van der Waals surface area (Å²) in [6, 6.07) is 16.6. The van der Waals surface area contributed by atoms with Gasteiger partial charge >= 0.3 is 0 Å². The van der Waals surface area contributed by atoms with Gasteiger partial charge in [0.25, 0.3) is 0 Å². The van der Waals surface area contributed by atoms with Gasteiger partial charge in [-0.3, -0.25) is 0 Å². The van der Waals surface area contributed by atoms with Crippen molar-refractivity contribution in [1.29, 1.82) is 0 Å². The molecule has 0 amide bonds. The molecular formula is C24H15F2N3O2. The van der Waals surface area contributed by atoms with Crippen LogP contribution in [-0.2, 0) is 6.54 Å². The molecule has 3 aliphatic rings. The molecule has 152 valence electrons. The molecule has 3 aromatic rings. The summed E-state index contributed by atoms with van der Waals surface area (Å²) in [4.78, 5) is 0. The lowest BCUT2D eigenvalue weighted by Gasteiger charge is -2.15. The predicted octanol–water partition coefficient (Wildman–Crippen LogP) is 5.26. The molecule has 0 unspecified atom stereocenters. The molecular weight excluding hydrogens is 400 g/mol. The van der Waals surface area contributed by atoms with E-state index in [0.29, 0.717) is 34.8 Å². The summed E-state index contributed by atoms with van der Waals surface area (Å²) < 4.78 is 40.7. The molecule has 0 saturated carbocycles. The third kappa shape index (κ3) is 2.97. The van der Waals surface area contributed by atoms with E-state index >= 15 is 0 Å². The smallest absolute Gasteiger partial charge is 0.231 e. The van der Waals surface area contributed by atoms with Crippen molar-refractivity contribution in [3.63, 3.8) is 0 Å². The van der Waals surface area contributed by atoms with Gasteiger partial charge in [-0.1, -0.05) is 12.1 Å². The zero-order chi connectivity index (χ0) is 20.9. The Labute approximate surface area is 175 Å². The molecule has 31 heavy (non-hydrogen) atoms. The average Bonchev–Trinajstić information content (AvgIpc) is 3.40. The molecule has 7 heteroatoms. The van der Waals surface area contributed by atoms with Crippen LogP contribution in [0.1, 0.15) is 5.56 Å². The predicted molar refractivity (Wildman–Crippen MR) is 111 cm³/mol. The molecule has 0 spiro atoms. The number of benzene rings is 3. The number of pyridine rings is 1. The second kappa shape index (κ2) is 6.77. The van der Waals surface area contributed by atoms with Crippen molar-refractivity contribution in [2.45, 2.75) is 6.54 Å². The van der Waals surface area contributed by atoms with Crippen LogP contribution in [0.3, 0.4) is 0 Å². The molecule has 3 aliphatic heterocycles. The van der Waals surface area contributed by atoms with Crippen LogP contribution in [-0.4, -0.2) is 21.6 Å². The largest absolute Gasteiger partial charge is 0.454 e. The highest BCUT2D eigenvalue weighted by Crippen LogP contribution is 2.40. The van der Waals surface area contributed by atoms with Gasteiger partial charge in [0.15, 0.2) is 11.5 Å². The van der Waals surface area contributed by atoms with Gasteiger partial charge in [-0.25, -0.2) is 8.78 Å². The Hall–Kier alpha value is -4.00. The monoisotopic (exact) mass is 415 g/mol. The Bertz CT molecular complexity index is 1430. The van der Waals surface area contributed by atoms with Crippen LogP contribution in [0.2, 0.25) is 0 Å². The van der Waals surface area contributed by atoms with Crippen LogP contribution >= 0.6 is 0 Å². The van der Waals surface area contributed by atoms with E-state index in [9.17, 15) is 8.78 Å². The molecule has 0 bridgehead atoms. The van der Waals surface area contributed by atoms with Gasteiger partial charge in [-0.05, 0) is 54.1 Å². The molecule has 0 aliphatic carbocycles. The summed E-state index contributed by atoms with van der Waals surface area (Å²) in [7, 11) is 0. The molecule has 3 aromatic carbocycles. The Kier molecular flexibility index (Phi) is 3.89. The minimum absolute atomic E-state index is 0.184. The third-order valence-electron chi connectivity index (χ3n) is 5.46. The zero-order valence-electron chi connectivity index (χ0n) is 16.2. The van der Waals surface area contributed by atoms with E-state index in [0.717, 1.165) is 22.2 Å². The normalized spacial score (nSPS) is 12.7. The van der Waals surface area contributed by atoms with Crippen LogP contribution in [0.5, 0.6) is 11.5 Å². The van der Waals surface area contributed by atoms with E-state index < -0.39 is 0 Å². The highest BCUT2D eigenvalue weighted by molar-refractivity contribution is 5.98. The van der Waals surface area contributed by atoms with E-state index in [1.165, 1.54) is 24.3 Å². The molecule has 3 heterocycles. The second-order valence-corrected chi connectivity index (χ2v) is 7.43. The number of hydrogen-bond donors (Lipinski definition) is 0. The Morgan fingerprint density at radius 2 is 1.68 bits per heavy atom. The summed E-state index contributed by atoms with van der Waals surface area (Å²) in [5, 5.41) is 9.40. The highest BCUT2D eigenvalue weighted by Gasteiger charge is 2.22. The first-order valence-electron chi connectivity index (χ1n) is 9.75. The molecule has 0 aromatic heterocycles. The van der Waals surface area contributed by atoms with Crippen LogP contribution in [0, 0.1) is 11.6 Å². The summed E-state index contributed by atoms with van der Waals surface area (Å²) in [6.07, 6.45) is 1.93. The Morgan fingerprint density at radius 1 is 0.839 bits per heavy atom. The minimum atomic E-state index is -0.357. The first-order valence-corrected chi connectivity index (χ1v) is 9.75. The van der Waals surface area contributed by atoms with Gasteiger partial charge in [-0.15, -0.1) is 10.2 Å². The van der Waals surface area contributed by atoms with Crippen LogP contribution in [0.25, 0.3) is 33.4 Å². The Balaban J connectivity index is 1.56. The first-order chi connectivity index (χ1) is 15.2. The van der Waals surface area contributed by atoms with Gasteiger partial charge in [0.1, 0.15) is 23.0 Å². The molecule has 5 nitrogen and oxygen atoms in total. The average molecular weight is 415 g/mol. The van der Waals surface area contributed by atoms with E-state index in [1.54, 1.807) is 12.1 Å². The number of halogens is 2. The fraction of sp³-hybridized carbons (Fsp3) is 0.0833. The molecule has 0 N–H and O–H groups in total.